The van der Waals surface area contributed by atoms with Crippen molar-refractivity contribution in [1.29, 1.82) is 0 Å². The number of rotatable bonds is 5. The summed E-state index contributed by atoms with van der Waals surface area (Å²) in [5.41, 5.74) is 9.73. The number of carbonyl (C=O) groups excluding carboxylic acids is 2. The molecule has 0 bridgehead atoms. The molecule has 1 aromatic carbocycles. The quantitative estimate of drug-likeness (QED) is 0.495. The van der Waals surface area contributed by atoms with E-state index in [4.69, 9.17) is 5.73 Å². The van der Waals surface area contributed by atoms with Crippen LogP contribution in [-0.2, 0) is 4.79 Å². The van der Waals surface area contributed by atoms with Gasteiger partial charge in [-0.2, -0.15) is 5.10 Å². The van der Waals surface area contributed by atoms with Crippen LogP contribution in [0.2, 0.25) is 0 Å². The highest BCUT2D eigenvalue weighted by Crippen LogP contribution is 2.43. The molecule has 5 rings (SSSR count). The molecule has 3 aromatic rings. The van der Waals surface area contributed by atoms with Crippen LogP contribution in [0.15, 0.2) is 30.6 Å². The molecular formula is C24H26F3N7O2. The molecule has 1 aliphatic carbocycles. The number of fused-ring (bicyclic) bond motifs is 1. The number of nitrogens with zero attached hydrogens (tertiary/aromatic N) is 4. The number of nitrogen functional groups attached to an aromatic ring is 1. The summed E-state index contributed by atoms with van der Waals surface area (Å²) in [5, 5.41) is 9.93. The Bertz CT molecular complexity index is 1350. The standard InChI is InChI=1S/C24H26F3N7O2/c1-12-5-19(34-20(12)21(28)30-11-31-34)13-3-4-17(29-2)15(6-13)22(35)32-18-10-33(9-16(18)25)23(36)14-7-24(26,27)8-14/h3-6,11,14,16,18,29H,7-10H2,1-2H3,(H,32,35)(H2,28,30,31)/t16-,18?/m0/s1. The number of nitrogens with one attached hydrogen (secondary N) is 2. The van der Waals surface area contributed by atoms with E-state index in [1.54, 1.807) is 23.7 Å². The molecule has 2 aliphatic rings. The lowest BCUT2D eigenvalue weighted by Gasteiger charge is -2.36. The summed E-state index contributed by atoms with van der Waals surface area (Å²) in [6.07, 6.45) is -1.19. The third-order valence-electron chi connectivity index (χ3n) is 6.92. The largest absolute Gasteiger partial charge is 0.387 e. The number of carbonyl (C=O) groups is 2. The maximum absolute atomic E-state index is 14.8. The van der Waals surface area contributed by atoms with Crippen molar-refractivity contribution in [3.05, 3.63) is 41.7 Å². The number of hydrogen-bond donors (Lipinski definition) is 3. The van der Waals surface area contributed by atoms with Gasteiger partial charge in [0.15, 0.2) is 5.82 Å². The van der Waals surface area contributed by atoms with Crippen molar-refractivity contribution >= 4 is 28.8 Å². The fourth-order valence-electron chi connectivity index (χ4n) is 4.99. The Morgan fingerprint density at radius 3 is 2.64 bits per heavy atom. The summed E-state index contributed by atoms with van der Waals surface area (Å²) >= 11 is 0. The first-order valence-corrected chi connectivity index (χ1v) is 11.6. The van der Waals surface area contributed by atoms with Gasteiger partial charge in [-0.15, -0.1) is 0 Å². The third-order valence-corrected chi connectivity index (χ3v) is 6.92. The minimum absolute atomic E-state index is 0.0683. The molecule has 1 aliphatic heterocycles. The summed E-state index contributed by atoms with van der Waals surface area (Å²) in [6, 6.07) is 6.17. The molecular weight excluding hydrogens is 475 g/mol. The molecule has 2 fully saturated rings. The SMILES string of the molecule is CNc1ccc(-c2cc(C)c3c(N)ncnn23)cc1C(=O)NC1CN(C(=O)C2CC(F)(F)C2)C[C@@H]1F. The average Bonchev–Trinajstić information content (AvgIpc) is 3.36. The second-order valence-corrected chi connectivity index (χ2v) is 9.43. The first-order chi connectivity index (χ1) is 17.1. The Balaban J connectivity index is 1.37. The molecule has 190 valence electrons. The topological polar surface area (TPSA) is 118 Å². The second kappa shape index (κ2) is 8.68. The van der Waals surface area contributed by atoms with Crippen LogP contribution in [0.25, 0.3) is 16.8 Å². The number of alkyl halides is 3. The van der Waals surface area contributed by atoms with Crippen molar-refractivity contribution in [2.75, 3.05) is 31.2 Å². The lowest BCUT2D eigenvalue weighted by molar-refractivity contribution is -0.159. The van der Waals surface area contributed by atoms with Crippen molar-refractivity contribution in [3.63, 3.8) is 0 Å². The number of likely N-dealkylation sites (tertiary alicyclic amines) is 1. The van der Waals surface area contributed by atoms with Crippen molar-refractivity contribution in [2.45, 2.75) is 37.9 Å². The zero-order valence-corrected chi connectivity index (χ0v) is 19.8. The Labute approximate surface area is 204 Å². The summed E-state index contributed by atoms with van der Waals surface area (Å²) in [6.45, 7) is 1.58. The molecule has 2 aromatic heterocycles. The van der Waals surface area contributed by atoms with Crippen LogP contribution in [-0.4, -0.2) is 69.6 Å². The summed E-state index contributed by atoms with van der Waals surface area (Å²) in [4.78, 5) is 31.0. The zero-order chi connectivity index (χ0) is 25.8. The number of aryl methyl sites for hydroxylation is 1. The maximum atomic E-state index is 14.8. The van der Waals surface area contributed by atoms with Crippen molar-refractivity contribution in [3.8, 4) is 11.3 Å². The Hall–Kier alpha value is -3.83. The number of benzene rings is 1. The van der Waals surface area contributed by atoms with Gasteiger partial charge in [0.1, 0.15) is 18.0 Å². The predicted molar refractivity (Wildman–Crippen MR) is 128 cm³/mol. The van der Waals surface area contributed by atoms with Crippen molar-refractivity contribution in [1.82, 2.24) is 24.8 Å². The number of hydrogen-bond acceptors (Lipinski definition) is 6. The van der Waals surface area contributed by atoms with Gasteiger partial charge < -0.3 is 21.3 Å². The van der Waals surface area contributed by atoms with E-state index in [2.05, 4.69) is 20.7 Å². The maximum Gasteiger partial charge on any atom is 0.253 e. The lowest BCUT2D eigenvalue weighted by atomic mass is 9.80. The average molecular weight is 502 g/mol. The smallest absolute Gasteiger partial charge is 0.253 e. The number of amides is 2. The van der Waals surface area contributed by atoms with Gasteiger partial charge >= 0.3 is 0 Å². The summed E-state index contributed by atoms with van der Waals surface area (Å²) in [5.74, 6) is -4.31. The van der Waals surface area contributed by atoms with Gasteiger partial charge in [-0.25, -0.2) is 22.7 Å². The highest BCUT2D eigenvalue weighted by Gasteiger charge is 2.51. The first kappa shape index (κ1) is 23.9. The van der Waals surface area contributed by atoms with Gasteiger partial charge in [-0.05, 0) is 30.7 Å². The van der Waals surface area contributed by atoms with Gasteiger partial charge in [-0.3, -0.25) is 9.59 Å². The van der Waals surface area contributed by atoms with Crippen LogP contribution in [0.3, 0.4) is 0 Å². The molecule has 2 amide bonds. The molecule has 0 spiro atoms. The van der Waals surface area contributed by atoms with E-state index in [-0.39, 0.29) is 18.7 Å². The van der Waals surface area contributed by atoms with E-state index in [9.17, 15) is 22.8 Å². The molecule has 1 saturated carbocycles. The number of anilines is 2. The molecule has 0 radical (unpaired) electrons. The van der Waals surface area contributed by atoms with Crippen molar-refractivity contribution in [2.24, 2.45) is 5.92 Å². The highest BCUT2D eigenvalue weighted by molar-refractivity contribution is 6.01. The van der Waals surface area contributed by atoms with E-state index >= 15 is 0 Å². The van der Waals surface area contributed by atoms with Gasteiger partial charge in [0.05, 0.1) is 23.8 Å². The van der Waals surface area contributed by atoms with Gasteiger partial charge in [0, 0.05) is 43.6 Å². The zero-order valence-electron chi connectivity index (χ0n) is 19.8. The van der Waals surface area contributed by atoms with Gasteiger partial charge in [0.25, 0.3) is 5.91 Å². The van der Waals surface area contributed by atoms with Gasteiger partial charge in [0.2, 0.25) is 11.8 Å². The molecule has 12 heteroatoms. The van der Waals surface area contributed by atoms with Crippen molar-refractivity contribution < 1.29 is 22.8 Å². The van der Waals surface area contributed by atoms with E-state index in [1.807, 2.05) is 19.1 Å². The fraction of sp³-hybridized carbons (Fsp3) is 0.417. The summed E-state index contributed by atoms with van der Waals surface area (Å²) in [7, 11) is 1.67. The predicted octanol–water partition coefficient (Wildman–Crippen LogP) is 2.65. The molecule has 1 unspecified atom stereocenters. The van der Waals surface area contributed by atoms with Crippen LogP contribution in [0.5, 0.6) is 0 Å². The van der Waals surface area contributed by atoms with E-state index in [1.165, 1.54) is 11.2 Å². The monoisotopic (exact) mass is 501 g/mol. The Morgan fingerprint density at radius 1 is 1.19 bits per heavy atom. The first-order valence-electron chi connectivity index (χ1n) is 11.6. The van der Waals surface area contributed by atoms with Crippen LogP contribution >= 0.6 is 0 Å². The normalized spacial score (nSPS) is 21.4. The fourth-order valence-corrected chi connectivity index (χ4v) is 4.99. The van der Waals surface area contributed by atoms with E-state index in [0.717, 1.165) is 5.56 Å². The molecule has 1 saturated heterocycles. The number of nitrogens with two attached hydrogens (primary N) is 1. The number of aromatic nitrogens is 3. The molecule has 3 heterocycles. The lowest BCUT2D eigenvalue weighted by Crippen LogP contribution is -2.47. The number of halogens is 3. The van der Waals surface area contributed by atoms with Crippen LogP contribution in [0.1, 0.15) is 28.8 Å². The Kier molecular flexibility index (Phi) is 5.76. The third kappa shape index (κ3) is 4.10. The molecule has 9 nitrogen and oxygen atoms in total. The minimum Gasteiger partial charge on any atom is -0.387 e. The molecule has 36 heavy (non-hydrogen) atoms. The molecule has 4 N–H and O–H groups in total. The van der Waals surface area contributed by atoms with E-state index in [0.29, 0.717) is 28.3 Å². The van der Waals surface area contributed by atoms with E-state index < -0.39 is 48.7 Å². The minimum atomic E-state index is -2.83. The van der Waals surface area contributed by atoms with Crippen LogP contribution in [0, 0.1) is 12.8 Å². The second-order valence-electron chi connectivity index (χ2n) is 9.43. The van der Waals surface area contributed by atoms with Crippen LogP contribution < -0.4 is 16.4 Å². The van der Waals surface area contributed by atoms with Gasteiger partial charge in [-0.1, -0.05) is 6.07 Å². The highest BCUT2D eigenvalue weighted by atomic mass is 19.3. The molecule has 2 atom stereocenters. The van der Waals surface area contributed by atoms with Crippen LogP contribution in [0.4, 0.5) is 24.7 Å². The summed E-state index contributed by atoms with van der Waals surface area (Å²) < 4.78 is 42.7. The Morgan fingerprint density at radius 2 is 1.94 bits per heavy atom.